The summed E-state index contributed by atoms with van der Waals surface area (Å²) in [7, 11) is 0. The predicted octanol–water partition coefficient (Wildman–Crippen LogP) is -0.314. The second-order valence-electron chi connectivity index (χ2n) is 7.39. The summed E-state index contributed by atoms with van der Waals surface area (Å²) < 4.78 is 5.83. The molecular weight excluding hydrogens is 344 g/mol. The van der Waals surface area contributed by atoms with Crippen LogP contribution in [0, 0.1) is 11.8 Å². The Kier molecular flexibility index (Phi) is 7.54. The van der Waals surface area contributed by atoms with Gasteiger partial charge in [0.15, 0.2) is 0 Å². The van der Waals surface area contributed by atoms with Gasteiger partial charge in [0.2, 0.25) is 5.91 Å². The summed E-state index contributed by atoms with van der Waals surface area (Å²) in [6.45, 7) is 6.82. The van der Waals surface area contributed by atoms with Crippen LogP contribution in [-0.2, 0) is 9.53 Å². The molecule has 1 amide bonds. The molecule has 0 aromatic carbocycles. The van der Waals surface area contributed by atoms with Gasteiger partial charge in [0.05, 0.1) is 12.1 Å². The molecule has 146 valence electrons. The van der Waals surface area contributed by atoms with Gasteiger partial charge in [-0.05, 0) is 24.5 Å². The Hall–Kier alpha value is -0.380. The van der Waals surface area contributed by atoms with Crippen LogP contribution in [0.2, 0.25) is 0 Å². The zero-order chi connectivity index (χ0) is 18.7. The number of hydrogen-bond acceptors (Lipinski definition) is 7. The third-order valence-corrected chi connectivity index (χ3v) is 6.09. The average molecular weight is 377 g/mol. The van der Waals surface area contributed by atoms with Crippen molar-refractivity contribution in [3.05, 3.63) is 0 Å². The number of carbonyl (C=O) groups is 1. The van der Waals surface area contributed by atoms with E-state index in [2.05, 4.69) is 17.6 Å². The highest BCUT2D eigenvalue weighted by Gasteiger charge is 2.48. The van der Waals surface area contributed by atoms with Crippen molar-refractivity contribution in [1.82, 2.24) is 10.6 Å². The summed E-state index contributed by atoms with van der Waals surface area (Å²) in [6.07, 6.45) is -0.689. The van der Waals surface area contributed by atoms with E-state index in [0.29, 0.717) is 5.92 Å². The Morgan fingerprint density at radius 1 is 1.28 bits per heavy atom. The quantitative estimate of drug-likeness (QED) is 0.414. The van der Waals surface area contributed by atoms with Crippen LogP contribution >= 0.6 is 11.8 Å². The van der Waals surface area contributed by atoms with Crippen LogP contribution < -0.4 is 10.6 Å². The van der Waals surface area contributed by atoms with Gasteiger partial charge in [-0.25, -0.2) is 0 Å². The van der Waals surface area contributed by atoms with Gasteiger partial charge in [-0.15, -0.1) is 11.8 Å². The van der Waals surface area contributed by atoms with E-state index in [0.717, 1.165) is 19.4 Å². The standard InChI is InChI=1S/C17H32N2O5S/c1-5-6-9-7-18-11(9)16(23)19-10(8(2)3)15-13(21)12(20)14(22)17(24-15)25-4/h8-15,17-18,20-22H,5-7H2,1-4H3,(H,19,23). The van der Waals surface area contributed by atoms with E-state index in [1.807, 2.05) is 13.8 Å². The molecule has 2 fully saturated rings. The van der Waals surface area contributed by atoms with Gasteiger partial charge in [0, 0.05) is 6.54 Å². The fourth-order valence-electron chi connectivity index (χ4n) is 3.60. The average Bonchev–Trinajstić information content (AvgIpc) is 2.55. The molecule has 0 aliphatic carbocycles. The first kappa shape index (κ1) is 20.9. The van der Waals surface area contributed by atoms with Gasteiger partial charge in [0.25, 0.3) is 0 Å². The summed E-state index contributed by atoms with van der Waals surface area (Å²) in [5.41, 5.74) is -0.642. The SMILES string of the molecule is CCCC1CNC1C(=O)NC(C(C)C)C1OC(SC)C(O)C(O)C1O. The minimum absolute atomic E-state index is 0.00162. The third kappa shape index (κ3) is 4.48. The summed E-state index contributed by atoms with van der Waals surface area (Å²) in [4.78, 5) is 12.6. The molecule has 0 bridgehead atoms. The van der Waals surface area contributed by atoms with Crippen molar-refractivity contribution in [1.29, 1.82) is 0 Å². The molecule has 2 rings (SSSR count). The third-order valence-electron chi connectivity index (χ3n) is 5.23. The zero-order valence-corrected chi connectivity index (χ0v) is 16.2. The molecule has 0 radical (unpaired) electrons. The van der Waals surface area contributed by atoms with E-state index in [1.54, 1.807) is 6.26 Å². The van der Waals surface area contributed by atoms with Crippen LogP contribution in [0.5, 0.6) is 0 Å². The Morgan fingerprint density at radius 2 is 1.96 bits per heavy atom. The topological polar surface area (TPSA) is 111 Å². The first-order chi connectivity index (χ1) is 11.8. The minimum Gasteiger partial charge on any atom is -0.388 e. The number of nitrogens with one attached hydrogen (secondary N) is 2. The number of aliphatic hydroxyl groups is 3. The maximum absolute atomic E-state index is 12.6. The lowest BCUT2D eigenvalue weighted by Gasteiger charge is -2.45. The normalized spacial score (nSPS) is 39.8. The van der Waals surface area contributed by atoms with Crippen LogP contribution in [0.1, 0.15) is 33.6 Å². The molecule has 5 N–H and O–H groups in total. The van der Waals surface area contributed by atoms with E-state index in [9.17, 15) is 20.1 Å². The van der Waals surface area contributed by atoms with Gasteiger partial charge in [-0.2, -0.15) is 0 Å². The molecule has 8 heteroatoms. The highest BCUT2D eigenvalue weighted by Crippen LogP contribution is 2.30. The van der Waals surface area contributed by atoms with Crippen molar-refractivity contribution in [2.75, 3.05) is 12.8 Å². The van der Waals surface area contributed by atoms with Crippen molar-refractivity contribution in [3.63, 3.8) is 0 Å². The van der Waals surface area contributed by atoms with E-state index in [1.165, 1.54) is 11.8 Å². The van der Waals surface area contributed by atoms with E-state index >= 15 is 0 Å². The van der Waals surface area contributed by atoms with E-state index in [4.69, 9.17) is 4.74 Å². The Balaban J connectivity index is 2.08. The second kappa shape index (κ2) is 9.01. The smallest absolute Gasteiger partial charge is 0.237 e. The number of amides is 1. The fraction of sp³-hybridized carbons (Fsp3) is 0.941. The Labute approximate surface area is 153 Å². The number of carbonyl (C=O) groups excluding carboxylic acids is 1. The minimum atomic E-state index is -1.30. The lowest BCUT2D eigenvalue weighted by molar-refractivity contribution is -0.208. The fourth-order valence-corrected chi connectivity index (χ4v) is 4.28. The van der Waals surface area contributed by atoms with Crippen molar-refractivity contribution < 1.29 is 24.9 Å². The molecule has 0 aromatic rings. The lowest BCUT2D eigenvalue weighted by atomic mass is 9.85. The summed E-state index contributed by atoms with van der Waals surface area (Å²) in [6, 6.07) is -0.669. The van der Waals surface area contributed by atoms with Crippen molar-refractivity contribution in [2.45, 2.75) is 75.5 Å². The molecule has 8 atom stereocenters. The molecule has 2 aliphatic heterocycles. The van der Waals surface area contributed by atoms with E-state index < -0.39 is 35.9 Å². The van der Waals surface area contributed by atoms with Gasteiger partial charge in [0.1, 0.15) is 29.9 Å². The summed E-state index contributed by atoms with van der Waals surface area (Å²) >= 11 is 1.27. The molecule has 0 saturated carbocycles. The first-order valence-corrected chi connectivity index (χ1v) is 10.4. The van der Waals surface area contributed by atoms with Crippen LogP contribution in [-0.4, -0.2) is 76.0 Å². The van der Waals surface area contributed by atoms with E-state index in [-0.39, 0.29) is 17.9 Å². The molecule has 2 saturated heterocycles. The maximum Gasteiger partial charge on any atom is 0.237 e. The van der Waals surface area contributed by atoms with Crippen LogP contribution in [0.15, 0.2) is 0 Å². The van der Waals surface area contributed by atoms with Crippen LogP contribution in [0.3, 0.4) is 0 Å². The summed E-state index contributed by atoms with van der Waals surface area (Å²) in [5, 5.41) is 36.7. The second-order valence-corrected chi connectivity index (χ2v) is 8.33. The number of rotatable bonds is 7. The number of thioether (sulfide) groups is 1. The first-order valence-electron chi connectivity index (χ1n) is 9.08. The Morgan fingerprint density at radius 3 is 2.44 bits per heavy atom. The largest absolute Gasteiger partial charge is 0.388 e. The predicted molar refractivity (Wildman–Crippen MR) is 97.2 cm³/mol. The van der Waals surface area contributed by atoms with Crippen molar-refractivity contribution >= 4 is 17.7 Å². The summed E-state index contributed by atoms with van der Waals surface area (Å²) in [5.74, 6) is 0.236. The highest BCUT2D eigenvalue weighted by molar-refractivity contribution is 7.99. The van der Waals surface area contributed by atoms with Crippen LogP contribution in [0.25, 0.3) is 0 Å². The molecule has 2 heterocycles. The van der Waals surface area contributed by atoms with Gasteiger partial charge in [-0.3, -0.25) is 4.79 Å². The molecule has 7 nitrogen and oxygen atoms in total. The zero-order valence-electron chi connectivity index (χ0n) is 15.4. The molecule has 2 aliphatic rings. The maximum atomic E-state index is 12.6. The number of hydrogen-bond donors (Lipinski definition) is 5. The number of aliphatic hydroxyl groups excluding tert-OH is 3. The van der Waals surface area contributed by atoms with Gasteiger partial charge >= 0.3 is 0 Å². The molecule has 25 heavy (non-hydrogen) atoms. The molecule has 8 unspecified atom stereocenters. The lowest BCUT2D eigenvalue weighted by Crippen LogP contribution is -2.67. The molecule has 0 aromatic heterocycles. The molecule has 0 spiro atoms. The van der Waals surface area contributed by atoms with Gasteiger partial charge < -0.3 is 30.7 Å². The monoisotopic (exact) mass is 376 g/mol. The number of ether oxygens (including phenoxy) is 1. The van der Waals surface area contributed by atoms with Crippen molar-refractivity contribution in [2.24, 2.45) is 11.8 Å². The van der Waals surface area contributed by atoms with Gasteiger partial charge in [-0.1, -0.05) is 27.2 Å². The van der Waals surface area contributed by atoms with Crippen LogP contribution in [0.4, 0.5) is 0 Å². The molecular formula is C17H32N2O5S. The highest BCUT2D eigenvalue weighted by atomic mass is 32.2. The Bertz CT molecular complexity index is 451. The van der Waals surface area contributed by atoms with Crippen molar-refractivity contribution in [3.8, 4) is 0 Å².